The number of Topliss-reactive ketones (excluding diaryl/α,β-unsaturated/α-hetero) is 2. The molecule has 6 nitrogen and oxygen atoms in total. The van der Waals surface area contributed by atoms with E-state index in [1.807, 2.05) is 0 Å². The first-order valence-electron chi connectivity index (χ1n) is 9.04. The number of alkyl halides is 3. The predicted molar refractivity (Wildman–Crippen MR) is 99.9 cm³/mol. The summed E-state index contributed by atoms with van der Waals surface area (Å²) in [4.78, 5) is 25.1. The average Bonchev–Trinajstić information content (AvgIpc) is 2.75. The summed E-state index contributed by atoms with van der Waals surface area (Å²) >= 11 is 0. The van der Waals surface area contributed by atoms with E-state index in [1.165, 1.54) is 26.4 Å². The van der Waals surface area contributed by atoms with Crippen molar-refractivity contribution in [1.29, 1.82) is 0 Å². The second-order valence-electron chi connectivity index (χ2n) is 6.44. The zero-order valence-electron chi connectivity index (χ0n) is 16.3. The van der Waals surface area contributed by atoms with E-state index in [-0.39, 0.29) is 47.8 Å². The minimum Gasteiger partial charge on any atom is -0.493 e. The maximum Gasteiger partial charge on any atom is 0.416 e. The van der Waals surface area contributed by atoms with Crippen LogP contribution in [0, 0.1) is 0 Å². The first-order chi connectivity index (χ1) is 14.3. The molecule has 0 aromatic heterocycles. The van der Waals surface area contributed by atoms with Gasteiger partial charge in [0.05, 0.1) is 25.3 Å². The Morgan fingerprint density at radius 3 is 2.27 bits per heavy atom. The molecule has 2 aromatic rings. The van der Waals surface area contributed by atoms with Crippen LogP contribution in [0.5, 0.6) is 23.0 Å². The van der Waals surface area contributed by atoms with Crippen LogP contribution in [-0.2, 0) is 6.18 Å². The van der Waals surface area contributed by atoms with Crippen LogP contribution < -0.4 is 18.9 Å². The van der Waals surface area contributed by atoms with Crippen molar-refractivity contribution in [3.05, 3.63) is 47.0 Å². The Morgan fingerprint density at radius 1 is 0.967 bits per heavy atom. The van der Waals surface area contributed by atoms with Crippen LogP contribution in [0.15, 0.2) is 30.3 Å². The minimum atomic E-state index is -4.55. The molecule has 9 heteroatoms. The topological polar surface area (TPSA) is 71.1 Å². The molecule has 0 spiro atoms. The number of benzene rings is 2. The highest BCUT2D eigenvalue weighted by molar-refractivity contribution is 6.04. The van der Waals surface area contributed by atoms with Gasteiger partial charge in [0.2, 0.25) is 11.5 Å². The van der Waals surface area contributed by atoms with Gasteiger partial charge in [0.25, 0.3) is 0 Å². The summed E-state index contributed by atoms with van der Waals surface area (Å²) in [6.07, 6.45) is -5.05. The van der Waals surface area contributed by atoms with Gasteiger partial charge in [-0.3, -0.25) is 9.59 Å². The Labute approximate surface area is 170 Å². The number of hydrogen-bond acceptors (Lipinski definition) is 6. The van der Waals surface area contributed by atoms with Crippen LogP contribution in [0.25, 0.3) is 0 Å². The highest BCUT2D eigenvalue weighted by atomic mass is 19.4. The lowest BCUT2D eigenvalue weighted by Crippen LogP contribution is -2.18. The monoisotopic (exact) mass is 424 g/mol. The molecule has 0 aliphatic carbocycles. The van der Waals surface area contributed by atoms with E-state index in [2.05, 4.69) is 0 Å². The Kier molecular flexibility index (Phi) is 6.19. The third-order valence-electron chi connectivity index (χ3n) is 4.55. The number of methoxy groups -OCH3 is 2. The summed E-state index contributed by atoms with van der Waals surface area (Å²) in [5.74, 6) is -0.0340. The highest BCUT2D eigenvalue weighted by Crippen LogP contribution is 2.48. The number of ether oxygens (including phenoxy) is 4. The van der Waals surface area contributed by atoms with E-state index >= 15 is 0 Å². The normalized spacial score (nSPS) is 13.0. The van der Waals surface area contributed by atoms with Gasteiger partial charge < -0.3 is 18.9 Å². The van der Waals surface area contributed by atoms with Gasteiger partial charge in [-0.25, -0.2) is 0 Å². The van der Waals surface area contributed by atoms with E-state index in [4.69, 9.17) is 18.9 Å². The first kappa shape index (κ1) is 21.5. The van der Waals surface area contributed by atoms with Crippen LogP contribution in [-0.4, -0.2) is 39.0 Å². The fourth-order valence-electron chi connectivity index (χ4n) is 3.09. The number of carbonyl (C=O) groups excluding carboxylic acids is 2. The van der Waals surface area contributed by atoms with Gasteiger partial charge in [0.15, 0.2) is 23.1 Å². The summed E-state index contributed by atoms with van der Waals surface area (Å²) in [7, 11) is 2.77. The van der Waals surface area contributed by atoms with Gasteiger partial charge in [0, 0.05) is 18.4 Å². The third kappa shape index (κ3) is 4.34. The van der Waals surface area contributed by atoms with Crippen LogP contribution in [0.4, 0.5) is 13.2 Å². The lowest BCUT2D eigenvalue weighted by atomic mass is 9.99. The van der Waals surface area contributed by atoms with Gasteiger partial charge in [0.1, 0.15) is 13.2 Å². The Balaban J connectivity index is 1.81. The van der Waals surface area contributed by atoms with E-state index < -0.39 is 23.3 Å². The molecule has 0 saturated carbocycles. The molecule has 0 amide bonds. The fourth-order valence-corrected chi connectivity index (χ4v) is 3.09. The molecular weight excluding hydrogens is 405 g/mol. The molecule has 3 rings (SSSR count). The SMILES string of the molecule is COc1cc(C(=O)CCC(=O)c2cccc(C(F)(F)F)c2)c(OC)c2c1OCCO2. The van der Waals surface area contributed by atoms with Crippen molar-refractivity contribution in [2.45, 2.75) is 19.0 Å². The number of rotatable bonds is 7. The molecular formula is C21H19F3O6. The maximum absolute atomic E-state index is 12.8. The van der Waals surface area contributed by atoms with Gasteiger partial charge in [-0.15, -0.1) is 0 Å². The van der Waals surface area contributed by atoms with Crippen molar-refractivity contribution in [3.8, 4) is 23.0 Å². The van der Waals surface area contributed by atoms with Crippen LogP contribution in [0.2, 0.25) is 0 Å². The molecule has 1 aliphatic rings. The Morgan fingerprint density at radius 2 is 1.63 bits per heavy atom. The summed E-state index contributed by atoms with van der Waals surface area (Å²) in [6.45, 7) is 0.573. The standard InChI is InChI=1S/C21H19F3O6/c1-27-17-11-14(18(28-2)20-19(17)29-8-9-30-20)16(26)7-6-15(25)12-4-3-5-13(10-12)21(22,23)24/h3-5,10-11H,6-9H2,1-2H3. The smallest absolute Gasteiger partial charge is 0.416 e. The second-order valence-corrected chi connectivity index (χ2v) is 6.44. The molecule has 0 unspecified atom stereocenters. The van der Waals surface area contributed by atoms with Crippen LogP contribution in [0.3, 0.4) is 0 Å². The summed E-state index contributed by atoms with van der Waals surface area (Å²) in [5.41, 5.74) is -0.891. The second kappa shape index (κ2) is 8.64. The number of halogens is 3. The minimum absolute atomic E-state index is 0.107. The van der Waals surface area contributed by atoms with Crippen molar-refractivity contribution < 1.29 is 41.7 Å². The molecule has 1 heterocycles. The molecule has 0 radical (unpaired) electrons. The number of fused-ring (bicyclic) bond motifs is 1. The van der Waals surface area contributed by atoms with Gasteiger partial charge in [-0.05, 0) is 18.2 Å². The number of carbonyl (C=O) groups is 2. The van der Waals surface area contributed by atoms with Gasteiger partial charge >= 0.3 is 6.18 Å². The quantitative estimate of drug-likeness (QED) is 0.616. The first-order valence-corrected chi connectivity index (χ1v) is 9.04. The summed E-state index contributed by atoms with van der Waals surface area (Å²) < 4.78 is 60.2. The zero-order chi connectivity index (χ0) is 21.9. The van der Waals surface area contributed by atoms with Crippen molar-refractivity contribution >= 4 is 11.6 Å². The predicted octanol–water partition coefficient (Wildman–Crippen LogP) is 4.34. The van der Waals surface area contributed by atoms with Crippen LogP contribution >= 0.6 is 0 Å². The third-order valence-corrected chi connectivity index (χ3v) is 4.55. The lowest BCUT2D eigenvalue weighted by molar-refractivity contribution is -0.137. The number of hydrogen-bond donors (Lipinski definition) is 0. The molecule has 0 N–H and O–H groups in total. The van der Waals surface area contributed by atoms with Crippen molar-refractivity contribution in [2.75, 3.05) is 27.4 Å². The summed E-state index contributed by atoms with van der Waals surface area (Å²) in [6, 6.07) is 5.54. The fraction of sp³-hybridized carbons (Fsp3) is 0.333. The number of ketones is 2. The van der Waals surface area contributed by atoms with Crippen LogP contribution in [0.1, 0.15) is 39.1 Å². The van der Waals surface area contributed by atoms with Crippen molar-refractivity contribution in [1.82, 2.24) is 0 Å². The van der Waals surface area contributed by atoms with E-state index in [0.29, 0.717) is 12.4 Å². The molecule has 2 aromatic carbocycles. The van der Waals surface area contributed by atoms with E-state index in [1.54, 1.807) is 0 Å². The van der Waals surface area contributed by atoms with E-state index in [0.717, 1.165) is 18.2 Å². The van der Waals surface area contributed by atoms with Gasteiger partial charge in [-0.1, -0.05) is 12.1 Å². The lowest BCUT2D eigenvalue weighted by Gasteiger charge is -2.24. The average molecular weight is 424 g/mol. The van der Waals surface area contributed by atoms with E-state index in [9.17, 15) is 22.8 Å². The maximum atomic E-state index is 12.8. The molecule has 0 fully saturated rings. The Hall–Kier alpha value is -3.23. The molecule has 160 valence electrons. The molecule has 1 aliphatic heterocycles. The Bertz CT molecular complexity index is 968. The zero-order valence-corrected chi connectivity index (χ0v) is 16.3. The van der Waals surface area contributed by atoms with Crippen molar-refractivity contribution in [3.63, 3.8) is 0 Å². The molecule has 0 atom stereocenters. The molecule has 0 bridgehead atoms. The summed E-state index contributed by atoms with van der Waals surface area (Å²) in [5, 5.41) is 0. The highest BCUT2D eigenvalue weighted by Gasteiger charge is 2.31. The molecule has 0 saturated heterocycles. The largest absolute Gasteiger partial charge is 0.493 e. The molecule has 30 heavy (non-hydrogen) atoms. The van der Waals surface area contributed by atoms with Crippen molar-refractivity contribution in [2.24, 2.45) is 0 Å². The van der Waals surface area contributed by atoms with Gasteiger partial charge in [-0.2, -0.15) is 13.2 Å².